The van der Waals surface area contributed by atoms with Crippen molar-refractivity contribution >= 4 is 56.1 Å². The van der Waals surface area contributed by atoms with Gasteiger partial charge >= 0.3 is 11.1 Å². The van der Waals surface area contributed by atoms with Crippen LogP contribution in [0.1, 0.15) is 0 Å². The van der Waals surface area contributed by atoms with Crippen LogP contribution in [-0.4, -0.2) is 38.3 Å². The monoisotopic (exact) mass is 554 g/mol. The van der Waals surface area contributed by atoms with Crippen molar-refractivity contribution in [1.82, 2.24) is 38.3 Å². The van der Waals surface area contributed by atoms with Crippen LogP contribution in [0.5, 0.6) is 0 Å². The van der Waals surface area contributed by atoms with Crippen LogP contribution < -0.4 is 11.1 Å². The van der Waals surface area contributed by atoms with Gasteiger partial charge in [0.2, 0.25) is 21.6 Å². The molecule has 0 saturated carbocycles. The number of hydrogen-bond acceptors (Lipinski definition) is 8. The van der Waals surface area contributed by atoms with E-state index in [4.69, 9.17) is 23.2 Å². The summed E-state index contributed by atoms with van der Waals surface area (Å²) in [5.74, 6) is 0. The molecule has 2 aromatic carbocycles. The Morgan fingerprint density at radius 1 is 0.583 bits per heavy atom. The highest BCUT2D eigenvalue weighted by atomic mass is 35.5. The first-order valence-corrected chi connectivity index (χ1v) is 13.2. The molecule has 6 aromatic rings. The molecule has 0 atom stereocenters. The van der Waals surface area contributed by atoms with Crippen LogP contribution in [0.15, 0.2) is 93.0 Å². The molecule has 10 nitrogen and oxygen atoms in total. The number of para-hydroxylation sites is 2. The van der Waals surface area contributed by atoms with Crippen LogP contribution in [0.3, 0.4) is 0 Å². The van der Waals surface area contributed by atoms with E-state index in [0.29, 0.717) is 21.7 Å². The summed E-state index contributed by atoms with van der Waals surface area (Å²) in [5.41, 5.74) is 0.724. The molecule has 0 radical (unpaired) electrons. The Balaban J connectivity index is 1.36. The van der Waals surface area contributed by atoms with Crippen LogP contribution in [0.25, 0.3) is 22.7 Å². The fourth-order valence-electron chi connectivity index (χ4n) is 3.61. The SMILES string of the molecule is O=c1c2nnc(SSc3nnc4c(=O)n(-c5ccccc5)cc(Cl)n34)n2c(Cl)cn1-c1ccccc1. The zero-order valence-corrected chi connectivity index (χ0v) is 21.0. The summed E-state index contributed by atoms with van der Waals surface area (Å²) in [4.78, 5) is 26.0. The van der Waals surface area contributed by atoms with Gasteiger partial charge in [-0.05, 0) is 45.9 Å². The van der Waals surface area contributed by atoms with Gasteiger partial charge in [0, 0.05) is 23.8 Å². The van der Waals surface area contributed by atoms with E-state index >= 15 is 0 Å². The lowest BCUT2D eigenvalue weighted by Crippen LogP contribution is -2.21. The first-order valence-electron chi connectivity index (χ1n) is 10.3. The van der Waals surface area contributed by atoms with Crippen molar-refractivity contribution in [2.24, 2.45) is 0 Å². The lowest BCUT2D eigenvalue weighted by atomic mass is 10.3. The first-order chi connectivity index (χ1) is 17.5. The lowest BCUT2D eigenvalue weighted by molar-refractivity contribution is 0.893. The van der Waals surface area contributed by atoms with Gasteiger partial charge in [-0.15, -0.1) is 20.4 Å². The molecule has 0 amide bonds. The maximum absolute atomic E-state index is 13.0. The van der Waals surface area contributed by atoms with E-state index in [-0.39, 0.29) is 32.7 Å². The zero-order valence-electron chi connectivity index (χ0n) is 17.9. The minimum Gasteiger partial charge on any atom is -0.278 e. The van der Waals surface area contributed by atoms with Crippen LogP contribution in [-0.2, 0) is 0 Å². The van der Waals surface area contributed by atoms with Gasteiger partial charge in [0.25, 0.3) is 0 Å². The number of halogens is 2. The average Bonchev–Trinajstić information content (AvgIpc) is 3.54. The summed E-state index contributed by atoms with van der Waals surface area (Å²) in [5, 5.41) is 17.5. The fraction of sp³-hybridized carbons (Fsp3) is 0. The number of fused-ring (bicyclic) bond motifs is 2. The lowest BCUT2D eigenvalue weighted by Gasteiger charge is -2.08. The van der Waals surface area contributed by atoms with Crippen LogP contribution in [0.4, 0.5) is 0 Å². The van der Waals surface area contributed by atoms with Crippen molar-refractivity contribution in [2.45, 2.75) is 10.3 Å². The molecule has 36 heavy (non-hydrogen) atoms. The van der Waals surface area contributed by atoms with Crippen LogP contribution >= 0.6 is 44.8 Å². The van der Waals surface area contributed by atoms with E-state index < -0.39 is 0 Å². The van der Waals surface area contributed by atoms with Crippen molar-refractivity contribution in [3.8, 4) is 11.4 Å². The predicted octanol–water partition coefficient (Wildman–Crippen LogP) is 4.18. The molecule has 14 heteroatoms. The number of aromatic nitrogens is 8. The smallest absolute Gasteiger partial charge is 0.278 e. The Morgan fingerprint density at radius 2 is 0.972 bits per heavy atom. The molecule has 0 bridgehead atoms. The molecule has 0 aliphatic carbocycles. The van der Waals surface area contributed by atoms with Gasteiger partial charge in [-0.1, -0.05) is 59.6 Å². The molecular weight excluding hydrogens is 543 g/mol. The van der Waals surface area contributed by atoms with Gasteiger partial charge in [0.05, 0.1) is 0 Å². The molecule has 0 aliphatic heterocycles. The molecule has 0 saturated heterocycles. The minimum absolute atomic E-state index is 0.0735. The summed E-state index contributed by atoms with van der Waals surface area (Å²) < 4.78 is 5.73. The maximum atomic E-state index is 13.0. The van der Waals surface area contributed by atoms with Crippen LogP contribution in [0, 0.1) is 0 Å². The molecule has 0 unspecified atom stereocenters. The second-order valence-corrected chi connectivity index (χ2v) is 10.2. The van der Waals surface area contributed by atoms with Crippen molar-refractivity contribution in [3.63, 3.8) is 0 Å². The Bertz CT molecular complexity index is 1730. The third kappa shape index (κ3) is 3.78. The normalized spacial score (nSPS) is 11.5. The quantitative estimate of drug-likeness (QED) is 0.292. The number of benzene rings is 2. The van der Waals surface area contributed by atoms with Crippen molar-refractivity contribution in [2.75, 3.05) is 0 Å². The fourth-order valence-corrected chi connectivity index (χ4v) is 6.13. The van der Waals surface area contributed by atoms with Gasteiger partial charge in [-0.2, -0.15) is 0 Å². The van der Waals surface area contributed by atoms with Gasteiger partial charge in [0.15, 0.2) is 0 Å². The standard InChI is InChI=1S/C22H12Cl2N8O2S2/c23-15-11-29(13-7-3-1-4-8-13)19(33)17-25-27-21(31(15)17)35-36-22-28-26-18-20(34)30(12-16(24)32(18)22)14-9-5-2-6-10-14/h1-12H. The van der Waals surface area contributed by atoms with E-state index in [1.54, 1.807) is 24.3 Å². The van der Waals surface area contributed by atoms with Crippen molar-refractivity contribution in [1.29, 1.82) is 0 Å². The molecule has 4 aromatic heterocycles. The van der Waals surface area contributed by atoms with Gasteiger partial charge in [-0.3, -0.25) is 27.5 Å². The highest BCUT2D eigenvalue weighted by Crippen LogP contribution is 2.36. The van der Waals surface area contributed by atoms with E-state index in [9.17, 15) is 9.59 Å². The van der Waals surface area contributed by atoms with Crippen LogP contribution in [0.2, 0.25) is 10.3 Å². The third-order valence-electron chi connectivity index (χ3n) is 5.24. The summed E-state index contributed by atoms with van der Waals surface area (Å²) >= 11 is 13.0. The minimum atomic E-state index is -0.368. The zero-order chi connectivity index (χ0) is 24.8. The molecule has 0 aliphatic rings. The molecule has 0 spiro atoms. The molecule has 6 rings (SSSR count). The second kappa shape index (κ2) is 9.13. The van der Waals surface area contributed by atoms with Gasteiger partial charge in [-0.25, -0.2) is 0 Å². The van der Waals surface area contributed by atoms with Crippen molar-refractivity contribution in [3.05, 3.63) is 104 Å². The number of nitrogens with zero attached hydrogens (tertiary/aromatic N) is 8. The van der Waals surface area contributed by atoms with Gasteiger partial charge < -0.3 is 0 Å². The molecular formula is C22H12Cl2N8O2S2. The summed E-state index contributed by atoms with van der Waals surface area (Å²) in [6.45, 7) is 0. The van der Waals surface area contributed by atoms with E-state index in [0.717, 1.165) is 21.6 Å². The van der Waals surface area contributed by atoms with E-state index in [1.807, 2.05) is 36.4 Å². The number of rotatable bonds is 5. The Morgan fingerprint density at radius 3 is 1.36 bits per heavy atom. The number of hydrogen-bond donors (Lipinski definition) is 0. The average molecular weight is 555 g/mol. The summed E-state index contributed by atoms with van der Waals surface area (Å²) in [6, 6.07) is 18.2. The first kappa shape index (κ1) is 22.9. The highest BCUT2D eigenvalue weighted by Gasteiger charge is 2.20. The topological polar surface area (TPSA) is 104 Å². The van der Waals surface area contributed by atoms with Crippen molar-refractivity contribution < 1.29 is 0 Å². The van der Waals surface area contributed by atoms with Gasteiger partial charge in [0.1, 0.15) is 10.3 Å². The van der Waals surface area contributed by atoms with E-state index in [2.05, 4.69) is 20.4 Å². The Hall–Kier alpha value is -3.58. The summed E-state index contributed by atoms with van der Waals surface area (Å²) in [6.07, 6.45) is 3.03. The maximum Gasteiger partial charge on any atom is 0.300 e. The third-order valence-corrected chi connectivity index (χ3v) is 7.83. The Labute approximate surface area is 219 Å². The van der Waals surface area contributed by atoms with E-state index in [1.165, 1.54) is 30.3 Å². The molecule has 0 N–H and O–H groups in total. The molecule has 4 heterocycles. The Kier molecular flexibility index (Phi) is 5.80. The predicted molar refractivity (Wildman–Crippen MR) is 139 cm³/mol. The second-order valence-electron chi connectivity index (χ2n) is 7.37. The summed E-state index contributed by atoms with van der Waals surface area (Å²) in [7, 11) is 2.30. The largest absolute Gasteiger partial charge is 0.300 e. The molecule has 178 valence electrons. The highest BCUT2D eigenvalue weighted by molar-refractivity contribution is 8.76. The molecule has 0 fully saturated rings.